The van der Waals surface area contributed by atoms with E-state index in [9.17, 15) is 19.8 Å². The Morgan fingerprint density at radius 1 is 0.895 bits per heavy atom. The van der Waals surface area contributed by atoms with Crippen LogP contribution in [0.4, 0.5) is 0 Å². The number of aliphatic carboxylic acids is 2. The van der Waals surface area contributed by atoms with Crippen molar-refractivity contribution in [3.05, 3.63) is 34.9 Å². The van der Waals surface area contributed by atoms with Crippen molar-refractivity contribution in [2.75, 3.05) is 0 Å². The zero-order valence-corrected chi connectivity index (χ0v) is 11.9. The van der Waals surface area contributed by atoms with Gasteiger partial charge < -0.3 is 10.2 Å². The summed E-state index contributed by atoms with van der Waals surface area (Å²) in [6.07, 6.45) is 0. The van der Waals surface area contributed by atoms with Crippen molar-refractivity contribution in [1.82, 2.24) is 0 Å². The smallest absolute Gasteiger partial charge is 0.313 e. The van der Waals surface area contributed by atoms with Crippen LogP contribution < -0.4 is 0 Å². The lowest BCUT2D eigenvalue weighted by Gasteiger charge is -2.30. The number of hydrogen-bond donors (Lipinski definition) is 2. The predicted octanol–water partition coefficient (Wildman–Crippen LogP) is 2.72. The van der Waals surface area contributed by atoms with Gasteiger partial charge >= 0.3 is 11.9 Å². The molecule has 0 fully saturated rings. The molecule has 0 aliphatic carbocycles. The van der Waals surface area contributed by atoms with Gasteiger partial charge in [-0.05, 0) is 45.7 Å². The first-order chi connectivity index (χ1) is 8.51. The molecular weight excluding hydrogens is 244 g/mol. The van der Waals surface area contributed by atoms with Gasteiger partial charge in [-0.1, -0.05) is 23.8 Å². The molecule has 1 aromatic carbocycles. The van der Waals surface area contributed by atoms with Gasteiger partial charge in [0.1, 0.15) is 0 Å². The van der Waals surface area contributed by atoms with E-state index >= 15 is 0 Å². The summed E-state index contributed by atoms with van der Waals surface area (Å²) >= 11 is 0. The summed E-state index contributed by atoms with van der Waals surface area (Å²) in [5.74, 6) is -1.95. The van der Waals surface area contributed by atoms with Crippen LogP contribution in [0.1, 0.15) is 44.4 Å². The van der Waals surface area contributed by atoms with Crippen LogP contribution in [-0.4, -0.2) is 22.2 Å². The second-order valence-corrected chi connectivity index (χ2v) is 5.91. The minimum Gasteiger partial charge on any atom is -0.481 e. The van der Waals surface area contributed by atoms with Crippen molar-refractivity contribution in [2.45, 2.75) is 45.4 Å². The van der Waals surface area contributed by atoms with Gasteiger partial charge in [0.2, 0.25) is 0 Å². The first-order valence-electron chi connectivity index (χ1n) is 6.09. The maximum atomic E-state index is 11.4. The van der Waals surface area contributed by atoms with Gasteiger partial charge in [0.15, 0.2) is 0 Å². The molecule has 1 aromatic rings. The molecule has 4 heteroatoms. The highest BCUT2D eigenvalue weighted by Gasteiger charge is 2.39. The first-order valence-corrected chi connectivity index (χ1v) is 6.09. The molecule has 0 heterocycles. The number of carboxylic acids is 2. The molecule has 0 aliphatic heterocycles. The molecule has 19 heavy (non-hydrogen) atoms. The van der Waals surface area contributed by atoms with E-state index in [1.165, 1.54) is 0 Å². The average molecular weight is 264 g/mol. The van der Waals surface area contributed by atoms with Crippen LogP contribution in [0.2, 0.25) is 0 Å². The monoisotopic (exact) mass is 264 g/mol. The Balaban J connectivity index is 3.60. The summed E-state index contributed by atoms with van der Waals surface area (Å²) in [5.41, 5.74) is -0.260. The average Bonchev–Trinajstić information content (AvgIpc) is 2.27. The molecule has 0 radical (unpaired) electrons. The van der Waals surface area contributed by atoms with Crippen LogP contribution in [0.5, 0.6) is 0 Å². The summed E-state index contributed by atoms with van der Waals surface area (Å²) in [4.78, 5) is 22.8. The summed E-state index contributed by atoms with van der Waals surface area (Å²) in [6, 6.07) is 5.28. The van der Waals surface area contributed by atoms with Crippen molar-refractivity contribution in [2.24, 2.45) is 0 Å². The van der Waals surface area contributed by atoms with Gasteiger partial charge in [-0.25, -0.2) is 0 Å². The highest BCUT2D eigenvalue weighted by atomic mass is 16.4. The molecule has 0 aromatic heterocycles. The van der Waals surface area contributed by atoms with Gasteiger partial charge in [0, 0.05) is 0 Å². The number of rotatable bonds is 4. The lowest BCUT2D eigenvalue weighted by molar-refractivity contribution is -0.144. The van der Waals surface area contributed by atoms with Crippen molar-refractivity contribution in [3.63, 3.8) is 0 Å². The number of carbonyl (C=O) groups is 2. The molecule has 0 saturated carbocycles. The third-order valence-corrected chi connectivity index (χ3v) is 3.59. The van der Waals surface area contributed by atoms with E-state index in [4.69, 9.17) is 0 Å². The molecule has 0 amide bonds. The van der Waals surface area contributed by atoms with E-state index in [0.29, 0.717) is 11.1 Å². The number of carboxylic acid groups (broad SMARTS) is 2. The zero-order valence-electron chi connectivity index (χ0n) is 11.9. The minimum absolute atomic E-state index is 0.540. The summed E-state index contributed by atoms with van der Waals surface area (Å²) in [7, 11) is 0. The Hall–Kier alpha value is -1.84. The molecule has 0 aliphatic rings. The van der Waals surface area contributed by atoms with Gasteiger partial charge in [0.05, 0.1) is 10.8 Å². The van der Waals surface area contributed by atoms with E-state index in [1.54, 1.807) is 45.9 Å². The minimum atomic E-state index is -1.13. The van der Waals surface area contributed by atoms with Crippen LogP contribution in [0.25, 0.3) is 0 Å². The largest absolute Gasteiger partial charge is 0.481 e. The lowest BCUT2D eigenvalue weighted by atomic mass is 9.73. The van der Waals surface area contributed by atoms with Crippen LogP contribution in [0.3, 0.4) is 0 Å². The Morgan fingerprint density at radius 2 is 1.32 bits per heavy atom. The zero-order chi connectivity index (χ0) is 15.0. The van der Waals surface area contributed by atoms with Crippen LogP contribution in [0.15, 0.2) is 18.2 Å². The topological polar surface area (TPSA) is 74.6 Å². The molecule has 4 nitrogen and oxygen atoms in total. The predicted molar refractivity (Wildman–Crippen MR) is 72.5 cm³/mol. The van der Waals surface area contributed by atoms with Gasteiger partial charge in [0.25, 0.3) is 0 Å². The van der Waals surface area contributed by atoms with E-state index in [-0.39, 0.29) is 0 Å². The molecule has 0 atom stereocenters. The van der Waals surface area contributed by atoms with E-state index < -0.39 is 22.8 Å². The van der Waals surface area contributed by atoms with Crippen LogP contribution in [0, 0.1) is 6.92 Å². The van der Waals surface area contributed by atoms with E-state index in [0.717, 1.165) is 5.56 Å². The first kappa shape index (κ1) is 15.2. The van der Waals surface area contributed by atoms with Crippen molar-refractivity contribution >= 4 is 11.9 Å². The fourth-order valence-electron chi connectivity index (χ4n) is 1.95. The van der Waals surface area contributed by atoms with E-state index in [2.05, 4.69) is 0 Å². The Kier molecular flexibility index (Phi) is 3.75. The van der Waals surface area contributed by atoms with Gasteiger partial charge in [-0.2, -0.15) is 0 Å². The second-order valence-electron chi connectivity index (χ2n) is 5.91. The fraction of sp³-hybridized carbons (Fsp3) is 0.467. The van der Waals surface area contributed by atoms with Crippen molar-refractivity contribution < 1.29 is 19.8 Å². The third kappa shape index (κ3) is 2.62. The van der Waals surface area contributed by atoms with Crippen LogP contribution >= 0.6 is 0 Å². The van der Waals surface area contributed by atoms with Crippen molar-refractivity contribution in [3.8, 4) is 0 Å². The standard InChI is InChI=1S/C15H20O4/c1-9-6-7-10(14(2,3)12(16)17)11(8-9)15(4,5)13(18)19/h6-8H,1-5H3,(H,16,17)(H,18,19). The van der Waals surface area contributed by atoms with Gasteiger partial charge in [-0.15, -0.1) is 0 Å². The summed E-state index contributed by atoms with van der Waals surface area (Å²) in [6.45, 7) is 8.21. The Bertz CT molecular complexity index is 527. The van der Waals surface area contributed by atoms with Crippen molar-refractivity contribution in [1.29, 1.82) is 0 Å². The normalized spacial score (nSPS) is 12.3. The number of benzene rings is 1. The molecule has 104 valence electrons. The number of aryl methyl sites for hydroxylation is 1. The molecule has 1 rings (SSSR count). The maximum absolute atomic E-state index is 11.4. The van der Waals surface area contributed by atoms with Crippen LogP contribution in [-0.2, 0) is 20.4 Å². The number of hydrogen-bond acceptors (Lipinski definition) is 2. The highest BCUT2D eigenvalue weighted by molar-refractivity contribution is 5.85. The Morgan fingerprint density at radius 3 is 1.74 bits per heavy atom. The van der Waals surface area contributed by atoms with E-state index in [1.807, 2.05) is 6.92 Å². The molecule has 0 spiro atoms. The highest BCUT2D eigenvalue weighted by Crippen LogP contribution is 2.35. The maximum Gasteiger partial charge on any atom is 0.313 e. The molecule has 0 unspecified atom stereocenters. The fourth-order valence-corrected chi connectivity index (χ4v) is 1.95. The molecule has 0 saturated heterocycles. The summed E-state index contributed by atoms with van der Waals surface area (Å²) < 4.78 is 0. The quantitative estimate of drug-likeness (QED) is 0.876. The SMILES string of the molecule is Cc1ccc(C(C)(C)C(=O)O)c(C(C)(C)C(=O)O)c1. The second kappa shape index (κ2) is 4.68. The molecule has 0 bridgehead atoms. The van der Waals surface area contributed by atoms with Gasteiger partial charge in [-0.3, -0.25) is 9.59 Å². The third-order valence-electron chi connectivity index (χ3n) is 3.59. The lowest BCUT2D eigenvalue weighted by Crippen LogP contribution is -2.36. The summed E-state index contributed by atoms with van der Waals surface area (Å²) in [5, 5.41) is 18.7. The molecular formula is C15H20O4. The Labute approximate surface area is 113 Å². The molecule has 2 N–H and O–H groups in total.